The van der Waals surface area contributed by atoms with E-state index in [0.29, 0.717) is 0 Å². The summed E-state index contributed by atoms with van der Waals surface area (Å²) in [7, 11) is 0. The van der Waals surface area contributed by atoms with Crippen molar-refractivity contribution in [2.24, 2.45) is 0 Å². The maximum Gasteiger partial charge on any atom is 0.252 e. The topological polar surface area (TPSA) is 19.6 Å². The Balaban J connectivity index is 1.28. The third-order valence-electron chi connectivity index (χ3n) is 13.0. The molecule has 3 heterocycles. The molecule has 0 spiro atoms. The summed E-state index contributed by atoms with van der Waals surface area (Å²) in [4.78, 5) is 5.10. The van der Waals surface area contributed by atoms with E-state index in [2.05, 4.69) is 219 Å². The molecule has 302 valence electrons. The fourth-order valence-corrected chi connectivity index (χ4v) is 9.58. The summed E-state index contributed by atoms with van der Waals surface area (Å²) >= 11 is 0. The Hall–Kier alpha value is -6.26. The van der Waals surface area contributed by atoms with Crippen LogP contribution in [0.2, 0.25) is 0 Å². The summed E-state index contributed by atoms with van der Waals surface area (Å²) in [5, 5.41) is 1.10. The van der Waals surface area contributed by atoms with E-state index >= 15 is 0 Å². The monoisotopic (exact) mass is 794 g/mol. The first-order chi connectivity index (χ1) is 29.0. The molecule has 10 rings (SSSR count). The van der Waals surface area contributed by atoms with E-state index in [0.717, 1.165) is 39.1 Å². The highest BCUT2D eigenvalue weighted by Gasteiger charge is 2.44. The van der Waals surface area contributed by atoms with Crippen LogP contribution in [-0.4, -0.2) is 6.71 Å². The highest BCUT2D eigenvalue weighted by Crippen LogP contribution is 2.48. The number of hydrogen-bond acceptors (Lipinski definition) is 3. The molecule has 0 bridgehead atoms. The fraction of sp³-hybridized carbons (Fsp3) is 0.228. The predicted molar refractivity (Wildman–Crippen MR) is 262 cm³/mol. The average molecular weight is 795 g/mol. The predicted octanol–water partition coefficient (Wildman–Crippen LogP) is 14.1. The second-order valence-corrected chi connectivity index (χ2v) is 20.4. The van der Waals surface area contributed by atoms with Gasteiger partial charge in [0.1, 0.15) is 11.3 Å². The van der Waals surface area contributed by atoms with Gasteiger partial charge in [0, 0.05) is 45.0 Å². The molecule has 0 unspecified atom stereocenters. The molecule has 0 saturated carbocycles. The van der Waals surface area contributed by atoms with Crippen LogP contribution in [0.25, 0.3) is 33.4 Å². The molecule has 3 nitrogen and oxygen atoms in total. The lowest BCUT2D eigenvalue weighted by atomic mass is 9.33. The van der Waals surface area contributed by atoms with Gasteiger partial charge in [-0.05, 0) is 134 Å². The number of rotatable bonds is 4. The van der Waals surface area contributed by atoms with E-state index in [1.165, 1.54) is 67.1 Å². The molecule has 0 fully saturated rings. The summed E-state index contributed by atoms with van der Waals surface area (Å²) in [5.74, 6) is 0.867. The minimum atomic E-state index is -0.0364. The smallest absolute Gasteiger partial charge is 0.252 e. The zero-order valence-electron chi connectivity index (χ0n) is 37.3. The van der Waals surface area contributed by atoms with Crippen LogP contribution in [0.15, 0.2) is 156 Å². The van der Waals surface area contributed by atoms with Gasteiger partial charge in [0.15, 0.2) is 0 Å². The Kier molecular flexibility index (Phi) is 8.86. The lowest BCUT2D eigenvalue weighted by Gasteiger charge is -2.45. The summed E-state index contributed by atoms with van der Waals surface area (Å²) in [6.45, 7) is 23.1. The second kappa shape index (κ2) is 13.9. The van der Waals surface area contributed by atoms with Crippen molar-refractivity contribution < 1.29 is 4.42 Å². The summed E-state index contributed by atoms with van der Waals surface area (Å²) in [5.41, 5.74) is 20.7. The molecule has 61 heavy (non-hydrogen) atoms. The van der Waals surface area contributed by atoms with Gasteiger partial charge in [-0.3, -0.25) is 0 Å². The van der Waals surface area contributed by atoms with Crippen LogP contribution in [0.3, 0.4) is 0 Å². The van der Waals surface area contributed by atoms with Gasteiger partial charge in [-0.1, -0.05) is 147 Å². The molecule has 0 amide bonds. The van der Waals surface area contributed by atoms with Crippen molar-refractivity contribution in [2.45, 2.75) is 85.5 Å². The minimum absolute atomic E-state index is 0.0203. The van der Waals surface area contributed by atoms with Gasteiger partial charge in [0.2, 0.25) is 0 Å². The Morgan fingerprint density at radius 1 is 0.443 bits per heavy atom. The highest BCUT2D eigenvalue weighted by atomic mass is 16.3. The Labute approximate surface area is 362 Å². The Morgan fingerprint density at radius 2 is 0.984 bits per heavy atom. The van der Waals surface area contributed by atoms with Crippen molar-refractivity contribution in [3.63, 3.8) is 0 Å². The van der Waals surface area contributed by atoms with E-state index in [4.69, 9.17) is 4.42 Å². The fourth-order valence-electron chi connectivity index (χ4n) is 9.58. The number of nitrogens with zero attached hydrogens (tertiary/aromatic N) is 2. The second-order valence-electron chi connectivity index (χ2n) is 20.4. The van der Waals surface area contributed by atoms with Crippen LogP contribution in [0.4, 0.5) is 34.1 Å². The first kappa shape index (κ1) is 38.9. The number of anilines is 6. The molecular weight excluding hydrogens is 739 g/mol. The number of fused-ring (bicyclic) bond motifs is 5. The normalized spacial score (nSPS) is 13.6. The van der Waals surface area contributed by atoms with Crippen LogP contribution >= 0.6 is 0 Å². The number of para-hydroxylation sites is 1. The Bertz CT molecular complexity index is 2960. The Morgan fingerprint density at radius 3 is 1.59 bits per heavy atom. The average Bonchev–Trinajstić information content (AvgIpc) is 3.67. The zero-order valence-corrected chi connectivity index (χ0v) is 37.3. The number of aryl methyl sites for hydroxylation is 1. The van der Waals surface area contributed by atoms with Crippen molar-refractivity contribution in [3.05, 3.63) is 174 Å². The van der Waals surface area contributed by atoms with E-state index < -0.39 is 0 Å². The van der Waals surface area contributed by atoms with Crippen molar-refractivity contribution >= 4 is 68.2 Å². The van der Waals surface area contributed by atoms with Crippen LogP contribution in [-0.2, 0) is 16.2 Å². The maximum atomic E-state index is 6.48. The van der Waals surface area contributed by atoms with Gasteiger partial charge >= 0.3 is 0 Å². The first-order valence-corrected chi connectivity index (χ1v) is 21.9. The van der Waals surface area contributed by atoms with Crippen LogP contribution in [0.5, 0.6) is 0 Å². The molecule has 0 N–H and O–H groups in total. The molecule has 1 aromatic heterocycles. The number of hydrogen-bond donors (Lipinski definition) is 0. The quantitative estimate of drug-likeness (QED) is 0.165. The molecule has 2 aliphatic heterocycles. The van der Waals surface area contributed by atoms with Crippen molar-refractivity contribution in [1.82, 2.24) is 0 Å². The maximum absolute atomic E-state index is 6.48. The van der Waals surface area contributed by atoms with E-state index in [1.807, 2.05) is 12.1 Å². The van der Waals surface area contributed by atoms with Gasteiger partial charge < -0.3 is 14.2 Å². The van der Waals surface area contributed by atoms with Crippen molar-refractivity contribution in [3.8, 4) is 22.5 Å². The summed E-state index contributed by atoms with van der Waals surface area (Å²) in [6.07, 6.45) is 0. The van der Waals surface area contributed by atoms with Crippen LogP contribution in [0.1, 0.15) is 84.6 Å². The zero-order chi connectivity index (χ0) is 42.6. The van der Waals surface area contributed by atoms with Gasteiger partial charge in [0.25, 0.3) is 6.71 Å². The molecule has 2 aliphatic rings. The molecule has 0 aliphatic carbocycles. The molecule has 7 aromatic carbocycles. The van der Waals surface area contributed by atoms with Crippen LogP contribution < -0.4 is 26.2 Å². The van der Waals surface area contributed by atoms with Crippen molar-refractivity contribution in [1.29, 1.82) is 0 Å². The highest BCUT2D eigenvalue weighted by molar-refractivity contribution is 7.00. The lowest BCUT2D eigenvalue weighted by Crippen LogP contribution is -2.61. The molecular formula is C57H55BN2O. The summed E-state index contributed by atoms with van der Waals surface area (Å²) in [6, 6.07) is 56.8. The standard InChI is InChI=1S/C57H55BN2O/c1-36-30-50-54-51(31-36)60(47-27-20-39(32-44(47)37-16-12-11-13-17-37)53-33-38-18-14-15-19-52(38)61-53)49-29-24-42(57(8,9)10)35-46(49)58(54)45-34-41(56(5,6)7)23-28-48(45)59(50)43-25-21-40(22-26-43)55(2,3)4/h11-35H,1-10H3. The molecule has 4 heteroatoms. The molecule has 0 atom stereocenters. The minimum Gasteiger partial charge on any atom is -0.456 e. The number of benzene rings is 7. The first-order valence-electron chi connectivity index (χ1n) is 21.9. The van der Waals surface area contributed by atoms with Crippen LogP contribution in [0, 0.1) is 6.92 Å². The third kappa shape index (κ3) is 6.59. The van der Waals surface area contributed by atoms with E-state index in [9.17, 15) is 0 Å². The lowest BCUT2D eigenvalue weighted by molar-refractivity contribution is 0.590. The SMILES string of the molecule is Cc1cc2c3c(c1)N(c1ccc(-c4cc5ccccc5o4)cc1-c1ccccc1)c1ccc(C(C)(C)C)cc1B3c1cc(C(C)(C)C)ccc1N2c1ccc(C(C)(C)C)cc1. The molecule has 0 saturated heterocycles. The van der Waals surface area contributed by atoms with Gasteiger partial charge in [0.05, 0.1) is 5.69 Å². The molecule has 0 radical (unpaired) electrons. The number of furan rings is 1. The van der Waals surface area contributed by atoms with E-state index in [-0.39, 0.29) is 23.0 Å². The van der Waals surface area contributed by atoms with Gasteiger partial charge in [-0.2, -0.15) is 0 Å². The van der Waals surface area contributed by atoms with E-state index in [1.54, 1.807) is 0 Å². The third-order valence-corrected chi connectivity index (χ3v) is 13.0. The molecule has 8 aromatic rings. The van der Waals surface area contributed by atoms with Crippen molar-refractivity contribution in [2.75, 3.05) is 9.80 Å². The largest absolute Gasteiger partial charge is 0.456 e. The summed E-state index contributed by atoms with van der Waals surface area (Å²) < 4.78 is 6.48. The van der Waals surface area contributed by atoms with Gasteiger partial charge in [-0.15, -0.1) is 0 Å². The van der Waals surface area contributed by atoms with Gasteiger partial charge in [-0.25, -0.2) is 0 Å².